The van der Waals surface area contributed by atoms with Crippen LogP contribution in [0.3, 0.4) is 0 Å². The van der Waals surface area contributed by atoms with Crippen molar-refractivity contribution in [3.8, 4) is 5.75 Å². The summed E-state index contributed by atoms with van der Waals surface area (Å²) in [6, 6.07) is 2.98. The molecule has 0 fully saturated rings. The van der Waals surface area contributed by atoms with Gasteiger partial charge in [0.25, 0.3) is 0 Å². The van der Waals surface area contributed by atoms with Gasteiger partial charge in [0, 0.05) is 24.1 Å². The zero-order valence-corrected chi connectivity index (χ0v) is 8.15. The summed E-state index contributed by atoms with van der Waals surface area (Å²) in [5.41, 5.74) is 0.649. The molecule has 1 nitrogen and oxygen atoms in total. The summed E-state index contributed by atoms with van der Waals surface area (Å²) in [6.07, 6.45) is 0. The van der Waals surface area contributed by atoms with Crippen molar-refractivity contribution < 1.29 is 13.5 Å². The Bertz CT molecular complexity index is 319. The molecule has 14 heavy (non-hydrogen) atoms. The topological polar surface area (TPSA) is 9.23 Å². The minimum Gasteiger partial charge on any atom is -0.489 e. The molecule has 0 bridgehead atoms. The Balaban J connectivity index is 2.63. The van der Waals surface area contributed by atoms with Gasteiger partial charge in [0.05, 0.1) is 0 Å². The summed E-state index contributed by atoms with van der Waals surface area (Å²) >= 11 is 5.45. The molecule has 0 saturated carbocycles. The monoisotopic (exact) mass is 218 g/mol. The smallest absolute Gasteiger partial charge is 0.129 e. The highest BCUT2D eigenvalue weighted by Crippen LogP contribution is 2.15. The first-order chi connectivity index (χ1) is 6.61. The molecule has 0 radical (unpaired) electrons. The van der Waals surface area contributed by atoms with Gasteiger partial charge in [-0.15, -0.1) is 11.6 Å². The lowest BCUT2D eigenvalue weighted by Crippen LogP contribution is -2.01. The molecule has 0 heterocycles. The molecule has 1 aromatic rings. The average Bonchev–Trinajstić information content (AvgIpc) is 2.12. The summed E-state index contributed by atoms with van der Waals surface area (Å²) in [4.78, 5) is 0. The molecule has 0 saturated heterocycles. The van der Waals surface area contributed by atoms with E-state index in [0.29, 0.717) is 5.57 Å². The van der Waals surface area contributed by atoms with Crippen molar-refractivity contribution in [1.82, 2.24) is 0 Å². The molecule has 0 amide bonds. The molecule has 4 heteroatoms. The van der Waals surface area contributed by atoms with Crippen LogP contribution in [0.5, 0.6) is 5.75 Å². The van der Waals surface area contributed by atoms with Gasteiger partial charge in [-0.3, -0.25) is 0 Å². The van der Waals surface area contributed by atoms with Crippen molar-refractivity contribution in [2.45, 2.75) is 0 Å². The van der Waals surface area contributed by atoms with E-state index in [1.807, 2.05) is 0 Å². The van der Waals surface area contributed by atoms with Crippen LogP contribution in [0.1, 0.15) is 0 Å². The standard InChI is InChI=1S/C10H9ClF2O/c1-7(5-11)6-14-10-3-8(12)2-9(13)4-10/h2-4H,1,5-6H2. The minimum absolute atomic E-state index is 0.133. The summed E-state index contributed by atoms with van der Waals surface area (Å²) in [6.45, 7) is 3.75. The lowest BCUT2D eigenvalue weighted by molar-refractivity contribution is 0.348. The minimum atomic E-state index is -0.670. The van der Waals surface area contributed by atoms with Crippen molar-refractivity contribution >= 4 is 11.6 Å². The van der Waals surface area contributed by atoms with Crippen LogP contribution in [0, 0.1) is 11.6 Å². The number of rotatable bonds is 4. The van der Waals surface area contributed by atoms with E-state index < -0.39 is 11.6 Å². The fourth-order valence-corrected chi connectivity index (χ4v) is 0.913. The van der Waals surface area contributed by atoms with Gasteiger partial charge < -0.3 is 4.74 Å². The highest BCUT2D eigenvalue weighted by atomic mass is 35.5. The number of ether oxygens (including phenoxy) is 1. The van der Waals surface area contributed by atoms with Crippen molar-refractivity contribution in [2.75, 3.05) is 12.5 Å². The number of benzene rings is 1. The SMILES string of the molecule is C=C(CCl)COc1cc(F)cc(F)c1. The predicted molar refractivity (Wildman–Crippen MR) is 51.7 cm³/mol. The van der Waals surface area contributed by atoms with Gasteiger partial charge in [-0.25, -0.2) is 8.78 Å². The molecule has 0 aromatic heterocycles. The highest BCUT2D eigenvalue weighted by molar-refractivity contribution is 6.19. The Morgan fingerprint density at radius 2 is 1.86 bits per heavy atom. The van der Waals surface area contributed by atoms with E-state index in [4.69, 9.17) is 16.3 Å². The Hall–Kier alpha value is -1.09. The maximum atomic E-state index is 12.7. The summed E-state index contributed by atoms with van der Waals surface area (Å²) in [7, 11) is 0. The van der Waals surface area contributed by atoms with E-state index in [9.17, 15) is 8.78 Å². The van der Waals surface area contributed by atoms with Gasteiger partial charge in [-0.05, 0) is 5.57 Å². The first kappa shape index (κ1) is 11.0. The molecule has 1 rings (SSSR count). The van der Waals surface area contributed by atoms with Gasteiger partial charge in [0.15, 0.2) is 0 Å². The summed E-state index contributed by atoms with van der Waals surface area (Å²) < 4.78 is 30.4. The third kappa shape index (κ3) is 3.34. The lowest BCUT2D eigenvalue weighted by Gasteiger charge is -2.06. The predicted octanol–water partition coefficient (Wildman–Crippen LogP) is 3.14. The Labute approximate surface area is 85.9 Å². The number of halogens is 3. The van der Waals surface area contributed by atoms with Crippen molar-refractivity contribution in [2.24, 2.45) is 0 Å². The fourth-order valence-electron chi connectivity index (χ4n) is 0.836. The maximum Gasteiger partial charge on any atom is 0.129 e. The van der Waals surface area contributed by atoms with E-state index in [1.165, 1.54) is 0 Å². The van der Waals surface area contributed by atoms with E-state index >= 15 is 0 Å². The number of alkyl halides is 1. The average molecular weight is 219 g/mol. The van der Waals surface area contributed by atoms with Gasteiger partial charge in [-0.1, -0.05) is 6.58 Å². The second-order valence-electron chi connectivity index (χ2n) is 2.78. The molecule has 76 valence electrons. The van der Waals surface area contributed by atoms with Gasteiger partial charge in [0.2, 0.25) is 0 Å². The lowest BCUT2D eigenvalue weighted by atomic mass is 10.3. The fraction of sp³-hybridized carbons (Fsp3) is 0.200. The third-order valence-corrected chi connectivity index (χ3v) is 1.85. The van der Waals surface area contributed by atoms with Gasteiger partial charge in [0.1, 0.15) is 24.0 Å². The van der Waals surface area contributed by atoms with Crippen molar-refractivity contribution in [3.05, 3.63) is 42.0 Å². The van der Waals surface area contributed by atoms with Crippen LogP contribution >= 0.6 is 11.6 Å². The molecule has 0 unspecified atom stereocenters. The molecule has 0 aliphatic heterocycles. The first-order valence-corrected chi connectivity index (χ1v) is 4.47. The van der Waals surface area contributed by atoms with E-state index in [-0.39, 0.29) is 18.2 Å². The second kappa shape index (κ2) is 4.96. The summed E-state index contributed by atoms with van der Waals surface area (Å²) in [5, 5.41) is 0. The van der Waals surface area contributed by atoms with Crippen LogP contribution in [0.25, 0.3) is 0 Å². The van der Waals surface area contributed by atoms with Crippen LogP contribution in [-0.2, 0) is 0 Å². The first-order valence-electron chi connectivity index (χ1n) is 3.93. The van der Waals surface area contributed by atoms with Gasteiger partial charge >= 0.3 is 0 Å². The molecule has 0 spiro atoms. The molecular weight excluding hydrogens is 210 g/mol. The van der Waals surface area contributed by atoms with Crippen LogP contribution in [0.2, 0.25) is 0 Å². The highest BCUT2D eigenvalue weighted by Gasteiger charge is 2.01. The molecular formula is C10H9ClF2O. The number of hydrogen-bond acceptors (Lipinski definition) is 1. The van der Waals surface area contributed by atoms with E-state index in [2.05, 4.69) is 6.58 Å². The largest absolute Gasteiger partial charge is 0.489 e. The molecule has 0 N–H and O–H groups in total. The second-order valence-corrected chi connectivity index (χ2v) is 3.04. The van der Waals surface area contributed by atoms with Crippen LogP contribution in [-0.4, -0.2) is 12.5 Å². The Kier molecular flexibility index (Phi) is 3.89. The van der Waals surface area contributed by atoms with Crippen LogP contribution in [0.4, 0.5) is 8.78 Å². The van der Waals surface area contributed by atoms with E-state index in [0.717, 1.165) is 18.2 Å². The molecule has 0 aliphatic rings. The van der Waals surface area contributed by atoms with Gasteiger partial charge in [-0.2, -0.15) is 0 Å². The summed E-state index contributed by atoms with van der Waals surface area (Å²) in [5.74, 6) is -0.945. The molecule has 1 aromatic carbocycles. The maximum absolute atomic E-state index is 12.7. The van der Waals surface area contributed by atoms with E-state index in [1.54, 1.807) is 0 Å². The van der Waals surface area contributed by atoms with Crippen molar-refractivity contribution in [1.29, 1.82) is 0 Å². The van der Waals surface area contributed by atoms with Crippen molar-refractivity contribution in [3.63, 3.8) is 0 Å². The van der Waals surface area contributed by atoms with Crippen LogP contribution in [0.15, 0.2) is 30.4 Å². The quantitative estimate of drug-likeness (QED) is 0.557. The molecule has 0 atom stereocenters. The Morgan fingerprint density at radius 1 is 1.29 bits per heavy atom. The zero-order chi connectivity index (χ0) is 10.6. The Morgan fingerprint density at radius 3 is 2.36 bits per heavy atom. The van der Waals surface area contributed by atoms with Crippen LogP contribution < -0.4 is 4.74 Å². The molecule has 0 aliphatic carbocycles. The zero-order valence-electron chi connectivity index (χ0n) is 7.40. The number of hydrogen-bond donors (Lipinski definition) is 0. The normalized spacial score (nSPS) is 9.93. The third-order valence-electron chi connectivity index (χ3n) is 1.47.